The number of nitrogens with zero attached hydrogens (tertiary/aromatic N) is 1. The Labute approximate surface area is 161 Å². The van der Waals surface area contributed by atoms with Gasteiger partial charge in [-0.15, -0.1) is 0 Å². The summed E-state index contributed by atoms with van der Waals surface area (Å²) in [5, 5.41) is 0. The average molecular weight is 365 g/mol. The van der Waals surface area contributed by atoms with Crippen molar-refractivity contribution in [1.29, 1.82) is 0 Å². The van der Waals surface area contributed by atoms with Crippen LogP contribution in [0.2, 0.25) is 0 Å². The lowest BCUT2D eigenvalue weighted by molar-refractivity contribution is -0.143. The van der Waals surface area contributed by atoms with Crippen LogP contribution in [0.25, 0.3) is 5.57 Å². The van der Waals surface area contributed by atoms with E-state index in [9.17, 15) is 4.79 Å². The lowest BCUT2D eigenvalue weighted by atomic mass is 9.93. The molecule has 4 nitrogen and oxygen atoms in total. The second-order valence-corrected chi connectivity index (χ2v) is 6.71. The van der Waals surface area contributed by atoms with Gasteiger partial charge < -0.3 is 14.4 Å². The highest BCUT2D eigenvalue weighted by Crippen LogP contribution is 2.36. The first-order valence-electron chi connectivity index (χ1n) is 9.54. The molecule has 0 radical (unpaired) electrons. The average Bonchev–Trinajstić information content (AvgIpc) is 2.84. The number of carbonyl (C=O) groups excluding carboxylic acids is 1. The molecule has 0 fully saturated rings. The first-order chi connectivity index (χ1) is 13.2. The van der Waals surface area contributed by atoms with E-state index in [1.807, 2.05) is 26.1 Å². The highest BCUT2D eigenvalue weighted by Gasteiger charge is 2.18. The summed E-state index contributed by atoms with van der Waals surface area (Å²) in [4.78, 5) is 13.7. The molecule has 0 spiro atoms. The quantitative estimate of drug-likeness (QED) is 0.686. The third-order valence-electron chi connectivity index (χ3n) is 4.73. The molecule has 4 heteroatoms. The van der Waals surface area contributed by atoms with Crippen molar-refractivity contribution in [3.63, 3.8) is 0 Å². The van der Waals surface area contributed by atoms with E-state index in [2.05, 4.69) is 47.4 Å². The second kappa shape index (κ2) is 9.38. The van der Waals surface area contributed by atoms with E-state index in [-0.39, 0.29) is 5.97 Å². The Balaban J connectivity index is 1.72. The fraction of sp³-hybridized carbons (Fsp3) is 0.348. The number of hydrogen-bond donors (Lipinski definition) is 0. The Morgan fingerprint density at radius 3 is 2.67 bits per heavy atom. The van der Waals surface area contributed by atoms with Crippen molar-refractivity contribution in [1.82, 2.24) is 4.90 Å². The zero-order chi connectivity index (χ0) is 19.1. The number of rotatable bonds is 7. The third kappa shape index (κ3) is 4.98. The molecule has 0 amide bonds. The van der Waals surface area contributed by atoms with Crippen molar-refractivity contribution >= 4 is 11.5 Å². The molecule has 0 bridgehead atoms. The lowest BCUT2D eigenvalue weighted by Gasteiger charge is -2.16. The molecule has 1 aliphatic rings. The zero-order valence-electron chi connectivity index (χ0n) is 16.1. The smallest absolute Gasteiger partial charge is 0.307 e. The minimum absolute atomic E-state index is 0.133. The van der Waals surface area contributed by atoms with Crippen LogP contribution >= 0.6 is 0 Å². The molecule has 142 valence electrons. The molecular weight excluding hydrogens is 338 g/mol. The van der Waals surface area contributed by atoms with Crippen molar-refractivity contribution in [2.45, 2.75) is 26.4 Å². The number of ether oxygens (including phenoxy) is 2. The standard InChI is InChI=1S/C23H27NO3/c1-3-26-23(25)14-16-24(2)15-8-12-20-19-10-5-4-9-18(19)17-27-22-13-7-6-11-21(20)22/h4-7,9-13H,3,8,14-17H2,1-2H3/b20-12-. The first kappa shape index (κ1) is 19.2. The van der Waals surface area contributed by atoms with Gasteiger partial charge >= 0.3 is 5.97 Å². The van der Waals surface area contributed by atoms with Gasteiger partial charge in [0.1, 0.15) is 12.4 Å². The SMILES string of the molecule is CCOC(=O)CCN(C)CC/C=C1/c2ccccc2COc2ccccc21. The number of carbonyl (C=O) groups is 1. The predicted molar refractivity (Wildman–Crippen MR) is 108 cm³/mol. The van der Waals surface area contributed by atoms with Gasteiger partial charge in [-0.3, -0.25) is 4.79 Å². The van der Waals surface area contributed by atoms with Gasteiger partial charge in [0, 0.05) is 18.7 Å². The fourth-order valence-corrected chi connectivity index (χ4v) is 3.30. The Hall–Kier alpha value is -2.59. The van der Waals surface area contributed by atoms with Gasteiger partial charge in [0.05, 0.1) is 13.0 Å². The van der Waals surface area contributed by atoms with Crippen LogP contribution < -0.4 is 4.74 Å². The van der Waals surface area contributed by atoms with Crippen LogP contribution in [0.15, 0.2) is 54.6 Å². The number of benzene rings is 2. The summed E-state index contributed by atoms with van der Waals surface area (Å²) in [5.74, 6) is 0.794. The summed E-state index contributed by atoms with van der Waals surface area (Å²) >= 11 is 0. The number of hydrogen-bond acceptors (Lipinski definition) is 4. The third-order valence-corrected chi connectivity index (χ3v) is 4.73. The van der Waals surface area contributed by atoms with Gasteiger partial charge in [0.25, 0.3) is 0 Å². The molecule has 0 atom stereocenters. The molecule has 2 aromatic carbocycles. The molecule has 3 rings (SSSR count). The maximum Gasteiger partial charge on any atom is 0.307 e. The molecule has 1 aliphatic heterocycles. The van der Waals surface area contributed by atoms with E-state index in [4.69, 9.17) is 9.47 Å². The minimum atomic E-state index is -0.133. The van der Waals surface area contributed by atoms with Crippen LogP contribution in [0.3, 0.4) is 0 Å². The Kier molecular flexibility index (Phi) is 6.66. The number of fused-ring (bicyclic) bond motifs is 2. The molecule has 0 unspecified atom stereocenters. The largest absolute Gasteiger partial charge is 0.488 e. The lowest BCUT2D eigenvalue weighted by Crippen LogP contribution is -2.23. The van der Waals surface area contributed by atoms with Crippen molar-refractivity contribution in [3.8, 4) is 5.75 Å². The van der Waals surface area contributed by atoms with E-state index in [1.54, 1.807) is 0 Å². The summed E-state index contributed by atoms with van der Waals surface area (Å²) < 4.78 is 11.0. The van der Waals surface area contributed by atoms with Crippen molar-refractivity contribution in [2.75, 3.05) is 26.7 Å². The highest BCUT2D eigenvalue weighted by molar-refractivity contribution is 5.84. The summed E-state index contributed by atoms with van der Waals surface area (Å²) in [6.45, 7) is 4.45. The van der Waals surface area contributed by atoms with E-state index >= 15 is 0 Å². The molecule has 1 heterocycles. The molecule has 0 aliphatic carbocycles. The fourth-order valence-electron chi connectivity index (χ4n) is 3.30. The maximum absolute atomic E-state index is 11.5. The molecular formula is C23H27NO3. The van der Waals surface area contributed by atoms with Crippen LogP contribution in [0.5, 0.6) is 5.75 Å². The second-order valence-electron chi connectivity index (χ2n) is 6.71. The topological polar surface area (TPSA) is 38.8 Å². The van der Waals surface area contributed by atoms with Crippen LogP contribution in [0.1, 0.15) is 36.5 Å². The van der Waals surface area contributed by atoms with Gasteiger partial charge in [-0.25, -0.2) is 0 Å². The number of esters is 1. The predicted octanol–water partition coefficient (Wildman–Crippen LogP) is 4.29. The molecule has 0 aromatic heterocycles. The first-order valence-corrected chi connectivity index (χ1v) is 9.54. The Morgan fingerprint density at radius 1 is 1.11 bits per heavy atom. The van der Waals surface area contributed by atoms with Crippen molar-refractivity contribution in [3.05, 3.63) is 71.3 Å². The van der Waals surface area contributed by atoms with Crippen LogP contribution in [-0.4, -0.2) is 37.6 Å². The van der Waals surface area contributed by atoms with E-state index in [0.717, 1.165) is 24.3 Å². The van der Waals surface area contributed by atoms with Crippen LogP contribution in [0.4, 0.5) is 0 Å². The van der Waals surface area contributed by atoms with Gasteiger partial charge in [-0.05, 0) is 43.2 Å². The normalized spacial score (nSPS) is 14.3. The van der Waals surface area contributed by atoms with Gasteiger partial charge in [-0.1, -0.05) is 48.5 Å². The Morgan fingerprint density at radius 2 is 1.85 bits per heavy atom. The molecule has 0 N–H and O–H groups in total. The molecule has 2 aromatic rings. The van der Waals surface area contributed by atoms with Crippen molar-refractivity contribution < 1.29 is 14.3 Å². The van der Waals surface area contributed by atoms with E-state index in [0.29, 0.717) is 26.2 Å². The summed E-state index contributed by atoms with van der Waals surface area (Å²) in [6.07, 6.45) is 3.62. The summed E-state index contributed by atoms with van der Waals surface area (Å²) in [6, 6.07) is 16.6. The minimum Gasteiger partial charge on any atom is -0.488 e. The summed E-state index contributed by atoms with van der Waals surface area (Å²) in [7, 11) is 2.04. The highest BCUT2D eigenvalue weighted by atomic mass is 16.5. The molecule has 0 saturated carbocycles. The van der Waals surface area contributed by atoms with Crippen molar-refractivity contribution in [2.24, 2.45) is 0 Å². The molecule has 27 heavy (non-hydrogen) atoms. The number of para-hydroxylation sites is 1. The van der Waals surface area contributed by atoms with Gasteiger partial charge in [-0.2, -0.15) is 0 Å². The monoisotopic (exact) mass is 365 g/mol. The van der Waals surface area contributed by atoms with Gasteiger partial charge in [0.15, 0.2) is 0 Å². The maximum atomic E-state index is 11.5. The summed E-state index contributed by atoms with van der Waals surface area (Å²) in [5.41, 5.74) is 4.79. The van der Waals surface area contributed by atoms with E-state index in [1.165, 1.54) is 16.7 Å². The van der Waals surface area contributed by atoms with Crippen LogP contribution in [0, 0.1) is 0 Å². The zero-order valence-corrected chi connectivity index (χ0v) is 16.1. The molecule has 0 saturated heterocycles. The Bertz CT molecular complexity index is 763. The van der Waals surface area contributed by atoms with E-state index < -0.39 is 0 Å². The van der Waals surface area contributed by atoms with Gasteiger partial charge in [0.2, 0.25) is 0 Å². The van der Waals surface area contributed by atoms with Crippen LogP contribution in [-0.2, 0) is 16.1 Å².